The molecule has 0 saturated heterocycles. The molecule has 0 saturated carbocycles. The quantitative estimate of drug-likeness (QED) is 0.332. The maximum absolute atomic E-state index is 12.1. The number of fused-ring (bicyclic) bond motifs is 5. The van der Waals surface area contributed by atoms with E-state index in [1.165, 1.54) is 6.92 Å². The number of carbonyl (C=O) groups is 1. The number of nitrogens with zero attached hydrogens (tertiary/aromatic N) is 2. The molecule has 0 aliphatic carbocycles. The SMILES string of the molecule is CC(=O)OC1=C(c2cccc3cnccc23)Oc2cc3ccccc3cc2-n2cccc21. The highest BCUT2D eigenvalue weighted by Crippen LogP contribution is 2.41. The Hall–Kier alpha value is -4.38. The van der Waals surface area contributed by atoms with E-state index in [0.717, 1.165) is 38.5 Å². The van der Waals surface area contributed by atoms with E-state index >= 15 is 0 Å². The van der Waals surface area contributed by atoms with Crippen LogP contribution in [0.5, 0.6) is 5.75 Å². The number of rotatable bonds is 2. The van der Waals surface area contributed by atoms with Crippen LogP contribution < -0.4 is 4.74 Å². The minimum atomic E-state index is -0.410. The molecule has 6 rings (SSSR count). The molecule has 3 heterocycles. The van der Waals surface area contributed by atoms with Gasteiger partial charge in [-0.25, -0.2) is 0 Å². The third kappa shape index (κ3) is 2.87. The van der Waals surface area contributed by atoms with Gasteiger partial charge in [0.2, 0.25) is 0 Å². The van der Waals surface area contributed by atoms with Crippen LogP contribution in [0.25, 0.3) is 38.8 Å². The van der Waals surface area contributed by atoms with Crippen LogP contribution in [0, 0.1) is 0 Å². The fourth-order valence-electron chi connectivity index (χ4n) is 4.27. The Morgan fingerprint density at radius 3 is 2.59 bits per heavy atom. The van der Waals surface area contributed by atoms with Gasteiger partial charge < -0.3 is 14.0 Å². The summed E-state index contributed by atoms with van der Waals surface area (Å²) in [7, 11) is 0. The zero-order valence-corrected chi connectivity index (χ0v) is 17.3. The maximum atomic E-state index is 12.1. The molecule has 0 bridgehead atoms. The number of hydrogen-bond donors (Lipinski definition) is 0. The van der Waals surface area contributed by atoms with Crippen molar-refractivity contribution in [2.45, 2.75) is 6.92 Å². The number of hydrogen-bond acceptors (Lipinski definition) is 4. The number of esters is 1. The molecule has 5 nitrogen and oxygen atoms in total. The molecule has 1 aliphatic rings. The van der Waals surface area contributed by atoms with Gasteiger partial charge in [0, 0.05) is 36.5 Å². The van der Waals surface area contributed by atoms with Crippen molar-refractivity contribution in [1.82, 2.24) is 9.55 Å². The van der Waals surface area contributed by atoms with Gasteiger partial charge >= 0.3 is 5.97 Å². The Bertz CT molecular complexity index is 1560. The average Bonchev–Trinajstić information content (AvgIpc) is 3.26. The molecule has 5 heteroatoms. The summed E-state index contributed by atoms with van der Waals surface area (Å²) in [5.74, 6) is 1.15. The Morgan fingerprint density at radius 1 is 0.938 bits per heavy atom. The molecule has 0 fully saturated rings. The van der Waals surface area contributed by atoms with Crippen LogP contribution in [0.4, 0.5) is 0 Å². The molecule has 0 amide bonds. The lowest BCUT2D eigenvalue weighted by Crippen LogP contribution is -2.06. The fourth-order valence-corrected chi connectivity index (χ4v) is 4.27. The number of ether oxygens (including phenoxy) is 2. The van der Waals surface area contributed by atoms with E-state index in [2.05, 4.69) is 23.2 Å². The summed E-state index contributed by atoms with van der Waals surface area (Å²) in [6.07, 6.45) is 5.51. The van der Waals surface area contributed by atoms with Gasteiger partial charge in [-0.1, -0.05) is 42.5 Å². The van der Waals surface area contributed by atoms with E-state index in [9.17, 15) is 4.79 Å². The van der Waals surface area contributed by atoms with Crippen LogP contribution in [0.15, 0.2) is 91.4 Å². The van der Waals surface area contributed by atoms with Gasteiger partial charge in [0.1, 0.15) is 0 Å². The molecule has 0 radical (unpaired) electrons. The Morgan fingerprint density at radius 2 is 1.75 bits per heavy atom. The monoisotopic (exact) mass is 418 g/mol. The van der Waals surface area contributed by atoms with Crippen LogP contribution in [0.2, 0.25) is 0 Å². The van der Waals surface area contributed by atoms with E-state index in [0.29, 0.717) is 17.3 Å². The maximum Gasteiger partial charge on any atom is 0.308 e. The van der Waals surface area contributed by atoms with Crippen molar-refractivity contribution in [3.63, 3.8) is 0 Å². The molecule has 0 atom stereocenters. The van der Waals surface area contributed by atoms with Crippen molar-refractivity contribution in [3.8, 4) is 11.4 Å². The highest BCUT2D eigenvalue weighted by Gasteiger charge is 2.27. The van der Waals surface area contributed by atoms with Gasteiger partial charge in [0.15, 0.2) is 17.3 Å². The summed E-state index contributed by atoms with van der Waals surface area (Å²) < 4.78 is 14.4. The molecule has 154 valence electrons. The molecule has 2 aromatic heterocycles. The Balaban J connectivity index is 1.70. The predicted molar refractivity (Wildman–Crippen MR) is 124 cm³/mol. The summed E-state index contributed by atoms with van der Waals surface area (Å²) in [5, 5.41) is 4.10. The third-order valence-corrected chi connectivity index (χ3v) is 5.66. The number of aromatic nitrogens is 2. The summed E-state index contributed by atoms with van der Waals surface area (Å²) in [6, 6.07) is 24.0. The van der Waals surface area contributed by atoms with Crippen LogP contribution in [-0.2, 0) is 9.53 Å². The summed E-state index contributed by atoms with van der Waals surface area (Å²) in [4.78, 5) is 16.4. The standard InChI is InChI=1S/C27H18N2O3/c1-17(30)31-27-23-10-5-13-29(23)24-14-18-6-2-3-7-19(18)15-25(24)32-26(27)22-9-4-8-20-16-28-12-11-21(20)22/h2-16H,1H3. The lowest BCUT2D eigenvalue weighted by molar-refractivity contribution is -0.134. The summed E-state index contributed by atoms with van der Waals surface area (Å²) >= 11 is 0. The number of pyridine rings is 1. The first-order valence-corrected chi connectivity index (χ1v) is 10.3. The van der Waals surface area contributed by atoms with Crippen LogP contribution in [-0.4, -0.2) is 15.5 Å². The molecule has 3 aromatic carbocycles. The van der Waals surface area contributed by atoms with Gasteiger partial charge in [-0.05, 0) is 46.5 Å². The normalized spacial score (nSPS) is 12.8. The van der Waals surface area contributed by atoms with Gasteiger partial charge in [-0.2, -0.15) is 0 Å². The first-order chi connectivity index (χ1) is 15.7. The Labute approximate surface area is 184 Å². The summed E-state index contributed by atoms with van der Waals surface area (Å²) in [6.45, 7) is 1.40. The molecule has 5 aromatic rings. The van der Waals surface area contributed by atoms with Crippen LogP contribution in [0.3, 0.4) is 0 Å². The number of carbonyl (C=O) groups excluding carboxylic acids is 1. The zero-order chi connectivity index (χ0) is 21.7. The minimum absolute atomic E-state index is 0.382. The topological polar surface area (TPSA) is 53.4 Å². The van der Waals surface area contributed by atoms with Crippen molar-refractivity contribution in [2.75, 3.05) is 0 Å². The second kappa shape index (κ2) is 7.10. The van der Waals surface area contributed by atoms with Crippen molar-refractivity contribution in [1.29, 1.82) is 0 Å². The minimum Gasteiger partial charge on any atom is -0.450 e. The molecule has 1 aliphatic heterocycles. The molecule has 0 spiro atoms. The lowest BCUT2D eigenvalue weighted by Gasteiger charge is -2.15. The van der Waals surface area contributed by atoms with Crippen LogP contribution in [0.1, 0.15) is 18.2 Å². The van der Waals surface area contributed by atoms with E-state index < -0.39 is 5.97 Å². The average molecular weight is 418 g/mol. The van der Waals surface area contributed by atoms with E-state index in [1.54, 1.807) is 6.20 Å². The highest BCUT2D eigenvalue weighted by atomic mass is 16.6. The zero-order valence-electron chi connectivity index (χ0n) is 17.3. The predicted octanol–water partition coefficient (Wildman–Crippen LogP) is 5.96. The second-order valence-corrected chi connectivity index (χ2v) is 7.69. The molecular formula is C27H18N2O3. The smallest absolute Gasteiger partial charge is 0.308 e. The lowest BCUT2D eigenvalue weighted by atomic mass is 10.0. The van der Waals surface area contributed by atoms with Crippen molar-refractivity contribution in [3.05, 3.63) is 103 Å². The molecule has 32 heavy (non-hydrogen) atoms. The largest absolute Gasteiger partial charge is 0.450 e. The van der Waals surface area contributed by atoms with E-state index in [1.807, 2.05) is 71.6 Å². The summed E-state index contributed by atoms with van der Waals surface area (Å²) in [5.41, 5.74) is 2.45. The van der Waals surface area contributed by atoms with E-state index in [-0.39, 0.29) is 0 Å². The molecular weight excluding hydrogens is 400 g/mol. The van der Waals surface area contributed by atoms with Gasteiger partial charge in [-0.3, -0.25) is 9.78 Å². The van der Waals surface area contributed by atoms with Crippen LogP contribution >= 0.6 is 0 Å². The second-order valence-electron chi connectivity index (χ2n) is 7.69. The van der Waals surface area contributed by atoms with Crippen molar-refractivity contribution in [2.24, 2.45) is 0 Å². The fraction of sp³-hybridized carbons (Fsp3) is 0.0370. The van der Waals surface area contributed by atoms with Crippen molar-refractivity contribution < 1.29 is 14.3 Å². The highest BCUT2D eigenvalue weighted by molar-refractivity contribution is 6.00. The first-order valence-electron chi connectivity index (χ1n) is 10.3. The van der Waals surface area contributed by atoms with Gasteiger partial charge in [-0.15, -0.1) is 0 Å². The third-order valence-electron chi connectivity index (χ3n) is 5.66. The Kier molecular flexibility index (Phi) is 4.08. The number of benzene rings is 3. The molecule has 0 unspecified atom stereocenters. The molecule has 0 N–H and O–H groups in total. The van der Waals surface area contributed by atoms with Crippen molar-refractivity contribution >= 4 is 39.0 Å². The first kappa shape index (κ1) is 18.4. The van der Waals surface area contributed by atoms with Gasteiger partial charge in [0.25, 0.3) is 0 Å². The van der Waals surface area contributed by atoms with E-state index in [4.69, 9.17) is 9.47 Å². The van der Waals surface area contributed by atoms with Gasteiger partial charge in [0.05, 0.1) is 11.4 Å².